The van der Waals surface area contributed by atoms with Gasteiger partial charge in [-0.05, 0) is 6.92 Å². The second-order valence-electron chi connectivity index (χ2n) is 2.69. The zero-order valence-corrected chi connectivity index (χ0v) is 6.99. The first-order chi connectivity index (χ1) is 5.74. The molecule has 0 N–H and O–H groups in total. The number of nitrogens with zero attached hydrogens (tertiary/aromatic N) is 1. The van der Waals surface area contributed by atoms with Crippen molar-refractivity contribution >= 4 is 6.29 Å². The summed E-state index contributed by atoms with van der Waals surface area (Å²) in [7, 11) is 0. The van der Waals surface area contributed by atoms with E-state index in [9.17, 15) is 9.59 Å². The lowest BCUT2D eigenvalue weighted by Crippen LogP contribution is -2.08. The largest absolute Gasteiger partial charge is 0.353 e. The Bertz CT molecular complexity index is 328. The Hall–Kier alpha value is -1.38. The van der Waals surface area contributed by atoms with Gasteiger partial charge in [-0.25, -0.2) is 0 Å². The molecule has 0 bridgehead atoms. The van der Waals surface area contributed by atoms with Crippen LogP contribution in [-0.4, -0.2) is 10.9 Å². The SMILES string of the molecule is Cc1cn(CCC=O)ccc1=O. The van der Waals surface area contributed by atoms with Crippen LogP contribution in [0.3, 0.4) is 0 Å². The second-order valence-corrected chi connectivity index (χ2v) is 2.69. The highest BCUT2D eigenvalue weighted by molar-refractivity contribution is 5.48. The minimum Gasteiger partial charge on any atom is -0.353 e. The Labute approximate surface area is 70.6 Å². The van der Waals surface area contributed by atoms with Gasteiger partial charge in [-0.1, -0.05) is 0 Å². The Kier molecular flexibility index (Phi) is 2.80. The first-order valence-corrected chi connectivity index (χ1v) is 3.84. The summed E-state index contributed by atoms with van der Waals surface area (Å²) in [4.78, 5) is 21.0. The quantitative estimate of drug-likeness (QED) is 0.620. The van der Waals surface area contributed by atoms with E-state index in [1.165, 1.54) is 6.07 Å². The molecule has 0 aliphatic carbocycles. The highest BCUT2D eigenvalue weighted by Gasteiger charge is 1.93. The molecule has 0 aromatic carbocycles. The fraction of sp³-hybridized carbons (Fsp3) is 0.333. The van der Waals surface area contributed by atoms with E-state index in [-0.39, 0.29) is 5.43 Å². The van der Waals surface area contributed by atoms with Gasteiger partial charge in [0.1, 0.15) is 6.29 Å². The van der Waals surface area contributed by atoms with Gasteiger partial charge in [0.2, 0.25) is 0 Å². The van der Waals surface area contributed by atoms with E-state index in [2.05, 4.69) is 0 Å². The van der Waals surface area contributed by atoms with Crippen LogP contribution in [0, 0.1) is 6.92 Å². The smallest absolute Gasteiger partial charge is 0.184 e. The molecule has 0 radical (unpaired) electrons. The number of hydrogen-bond acceptors (Lipinski definition) is 2. The van der Waals surface area contributed by atoms with Gasteiger partial charge in [0.15, 0.2) is 5.43 Å². The summed E-state index contributed by atoms with van der Waals surface area (Å²) in [6.07, 6.45) is 4.81. The van der Waals surface area contributed by atoms with Gasteiger partial charge in [0.25, 0.3) is 0 Å². The molecule has 3 heteroatoms. The molecule has 1 aromatic rings. The van der Waals surface area contributed by atoms with Crippen LogP contribution in [0.1, 0.15) is 12.0 Å². The van der Waals surface area contributed by atoms with Crippen LogP contribution >= 0.6 is 0 Å². The standard InChI is InChI=1S/C9H11NO2/c1-8-7-10(4-2-6-11)5-3-9(8)12/h3,5-7H,2,4H2,1H3. The molecule has 0 amide bonds. The van der Waals surface area contributed by atoms with Gasteiger partial charge >= 0.3 is 0 Å². The van der Waals surface area contributed by atoms with Crippen molar-refractivity contribution in [2.75, 3.05) is 0 Å². The van der Waals surface area contributed by atoms with Crippen molar-refractivity contribution in [3.05, 3.63) is 34.2 Å². The maximum atomic E-state index is 11.0. The van der Waals surface area contributed by atoms with Crippen molar-refractivity contribution in [2.24, 2.45) is 0 Å². The first-order valence-electron chi connectivity index (χ1n) is 3.84. The summed E-state index contributed by atoms with van der Waals surface area (Å²) in [5.41, 5.74) is 0.751. The van der Waals surface area contributed by atoms with Crippen molar-refractivity contribution < 1.29 is 4.79 Å². The monoisotopic (exact) mass is 165 g/mol. The molecule has 1 rings (SSSR count). The van der Waals surface area contributed by atoms with E-state index in [0.717, 1.165) is 6.29 Å². The number of aromatic nitrogens is 1. The molecule has 0 unspecified atom stereocenters. The summed E-state index contributed by atoms with van der Waals surface area (Å²) in [5.74, 6) is 0. The number of aryl methyl sites for hydroxylation is 2. The maximum Gasteiger partial charge on any atom is 0.184 e. The molecule has 3 nitrogen and oxygen atoms in total. The lowest BCUT2D eigenvalue weighted by molar-refractivity contribution is -0.108. The van der Waals surface area contributed by atoms with Gasteiger partial charge in [-0.3, -0.25) is 4.79 Å². The van der Waals surface area contributed by atoms with Crippen LogP contribution in [0.25, 0.3) is 0 Å². The van der Waals surface area contributed by atoms with Crippen LogP contribution in [0.4, 0.5) is 0 Å². The second kappa shape index (κ2) is 3.85. The van der Waals surface area contributed by atoms with Gasteiger partial charge in [0, 0.05) is 37.0 Å². The molecule has 64 valence electrons. The predicted octanol–water partition coefficient (Wildman–Crippen LogP) is 0.746. The molecule has 1 aromatic heterocycles. The molecular formula is C9H11NO2. The van der Waals surface area contributed by atoms with Crippen molar-refractivity contribution in [3.63, 3.8) is 0 Å². The summed E-state index contributed by atoms with van der Waals surface area (Å²) in [5, 5.41) is 0. The number of carbonyl (C=O) groups excluding carboxylic acids is 1. The molecular weight excluding hydrogens is 154 g/mol. The molecule has 0 aliphatic rings. The number of aldehydes is 1. The lowest BCUT2D eigenvalue weighted by atomic mass is 10.3. The average molecular weight is 165 g/mol. The van der Waals surface area contributed by atoms with Crippen molar-refractivity contribution in [3.8, 4) is 0 Å². The zero-order chi connectivity index (χ0) is 8.97. The highest BCUT2D eigenvalue weighted by atomic mass is 16.1. The number of carbonyl (C=O) groups is 1. The van der Waals surface area contributed by atoms with E-state index in [1.54, 1.807) is 19.3 Å². The highest BCUT2D eigenvalue weighted by Crippen LogP contribution is 1.91. The van der Waals surface area contributed by atoms with E-state index < -0.39 is 0 Å². The Morgan fingerprint density at radius 3 is 2.92 bits per heavy atom. The van der Waals surface area contributed by atoms with Crippen molar-refractivity contribution in [1.29, 1.82) is 0 Å². The lowest BCUT2D eigenvalue weighted by Gasteiger charge is -2.02. The third-order valence-corrected chi connectivity index (χ3v) is 1.67. The number of hydrogen-bond donors (Lipinski definition) is 0. The molecule has 0 saturated carbocycles. The minimum atomic E-state index is 0.0392. The number of pyridine rings is 1. The molecule has 0 aliphatic heterocycles. The Morgan fingerprint density at radius 1 is 1.58 bits per heavy atom. The first kappa shape index (κ1) is 8.71. The fourth-order valence-corrected chi connectivity index (χ4v) is 0.991. The molecule has 0 spiro atoms. The normalized spacial score (nSPS) is 9.75. The topological polar surface area (TPSA) is 39.1 Å². The predicted molar refractivity (Wildman–Crippen MR) is 46.1 cm³/mol. The number of rotatable bonds is 3. The van der Waals surface area contributed by atoms with E-state index in [1.807, 2.05) is 4.57 Å². The van der Waals surface area contributed by atoms with E-state index in [4.69, 9.17) is 0 Å². The molecule has 1 heterocycles. The molecule has 12 heavy (non-hydrogen) atoms. The van der Waals surface area contributed by atoms with Gasteiger partial charge < -0.3 is 9.36 Å². The van der Waals surface area contributed by atoms with Crippen LogP contribution in [0.15, 0.2) is 23.3 Å². The maximum absolute atomic E-state index is 11.0. The van der Waals surface area contributed by atoms with Crippen LogP contribution in [0.2, 0.25) is 0 Å². The van der Waals surface area contributed by atoms with Crippen LogP contribution in [-0.2, 0) is 11.3 Å². The van der Waals surface area contributed by atoms with Gasteiger partial charge in [-0.2, -0.15) is 0 Å². The van der Waals surface area contributed by atoms with Crippen LogP contribution in [0.5, 0.6) is 0 Å². The Balaban J connectivity index is 2.82. The van der Waals surface area contributed by atoms with Crippen molar-refractivity contribution in [2.45, 2.75) is 19.9 Å². The van der Waals surface area contributed by atoms with E-state index >= 15 is 0 Å². The fourth-order valence-electron chi connectivity index (χ4n) is 0.991. The summed E-state index contributed by atoms with van der Waals surface area (Å²) < 4.78 is 1.84. The third-order valence-electron chi connectivity index (χ3n) is 1.67. The van der Waals surface area contributed by atoms with Gasteiger partial charge in [-0.15, -0.1) is 0 Å². The molecule has 0 atom stereocenters. The van der Waals surface area contributed by atoms with E-state index in [0.29, 0.717) is 18.5 Å². The average Bonchev–Trinajstić information content (AvgIpc) is 2.07. The summed E-state index contributed by atoms with van der Waals surface area (Å²) >= 11 is 0. The third kappa shape index (κ3) is 2.05. The summed E-state index contributed by atoms with van der Waals surface area (Å²) in [6, 6.07) is 1.51. The van der Waals surface area contributed by atoms with Gasteiger partial charge in [0.05, 0.1) is 0 Å². The van der Waals surface area contributed by atoms with Crippen molar-refractivity contribution in [1.82, 2.24) is 4.57 Å². The Morgan fingerprint density at radius 2 is 2.33 bits per heavy atom. The molecule has 0 saturated heterocycles. The summed E-state index contributed by atoms with van der Waals surface area (Å²) in [6.45, 7) is 2.41. The zero-order valence-electron chi connectivity index (χ0n) is 6.99. The van der Waals surface area contributed by atoms with Crippen LogP contribution < -0.4 is 5.43 Å². The molecule has 0 fully saturated rings. The minimum absolute atomic E-state index is 0.0392.